The van der Waals surface area contributed by atoms with E-state index in [-0.39, 0.29) is 11.8 Å². The Morgan fingerprint density at radius 2 is 2.32 bits per heavy atom. The molecule has 0 aliphatic heterocycles. The fraction of sp³-hybridized carbons (Fsp3) is 0.333. The quantitative estimate of drug-likeness (QED) is 0.377. The van der Waals surface area contributed by atoms with Crippen molar-refractivity contribution in [3.05, 3.63) is 41.0 Å². The second-order valence-electron chi connectivity index (χ2n) is 4.69. The second kappa shape index (κ2) is 6.18. The summed E-state index contributed by atoms with van der Waals surface area (Å²) in [6, 6.07) is 8.22. The first-order valence-corrected chi connectivity index (χ1v) is 6.58. The predicted molar refractivity (Wildman–Crippen MR) is 77.3 cm³/mol. The van der Waals surface area contributed by atoms with Gasteiger partial charge in [0.25, 0.3) is 5.91 Å². The molecule has 1 unspecified atom stereocenters. The fourth-order valence-electron chi connectivity index (χ4n) is 2.53. The normalized spacial score (nSPS) is 18.6. The lowest BCUT2D eigenvalue weighted by Crippen LogP contribution is -2.27. The van der Waals surface area contributed by atoms with E-state index in [9.17, 15) is 4.79 Å². The van der Waals surface area contributed by atoms with Gasteiger partial charge in [-0.2, -0.15) is 5.10 Å². The Balaban J connectivity index is 2.35. The van der Waals surface area contributed by atoms with Gasteiger partial charge in [0.1, 0.15) is 6.34 Å². The van der Waals surface area contributed by atoms with Gasteiger partial charge in [-0.1, -0.05) is 31.2 Å². The minimum atomic E-state index is -0.113. The van der Waals surface area contributed by atoms with Crippen LogP contribution in [0.1, 0.15) is 30.9 Å². The molecule has 0 saturated heterocycles. The first-order chi connectivity index (χ1) is 9.26. The molecule has 1 aromatic carbocycles. The highest BCUT2D eigenvalue weighted by atomic mass is 16.1. The van der Waals surface area contributed by atoms with Crippen LogP contribution in [-0.2, 0) is 11.2 Å². The standard InChI is InChI=1S/C15H19N3O/c1-2-11-7-8-12-5-3-4-6-13(12)9-14(11)15(19)17-10-18-16/h3-6,9-11H,2,7-8,16H2,1H3,(H,17,18,19). The lowest BCUT2D eigenvalue weighted by Gasteiger charge is -2.15. The third kappa shape index (κ3) is 3.02. The van der Waals surface area contributed by atoms with Gasteiger partial charge in [-0.25, -0.2) is 0 Å². The molecule has 2 rings (SSSR count). The smallest absolute Gasteiger partial charge is 0.252 e. The SMILES string of the molecule is CCC1CCc2ccccc2C=C1C(=O)NC=NN. The molecule has 1 aliphatic rings. The largest absolute Gasteiger partial charge is 0.322 e. The number of amides is 1. The number of carbonyl (C=O) groups is 1. The topological polar surface area (TPSA) is 67.5 Å². The number of hydrazone groups is 1. The van der Waals surface area contributed by atoms with E-state index in [2.05, 4.69) is 29.5 Å². The van der Waals surface area contributed by atoms with Crippen LogP contribution < -0.4 is 11.2 Å². The zero-order valence-electron chi connectivity index (χ0n) is 11.1. The highest BCUT2D eigenvalue weighted by Crippen LogP contribution is 2.29. The molecule has 100 valence electrons. The molecule has 4 heteroatoms. The number of fused-ring (bicyclic) bond motifs is 1. The van der Waals surface area contributed by atoms with Crippen LogP contribution in [0.2, 0.25) is 0 Å². The molecule has 4 nitrogen and oxygen atoms in total. The van der Waals surface area contributed by atoms with Gasteiger partial charge in [-0.15, -0.1) is 0 Å². The van der Waals surface area contributed by atoms with Crippen LogP contribution in [0, 0.1) is 5.92 Å². The molecular formula is C15H19N3O. The van der Waals surface area contributed by atoms with Gasteiger partial charge in [0, 0.05) is 5.57 Å². The summed E-state index contributed by atoms with van der Waals surface area (Å²) >= 11 is 0. The molecule has 0 spiro atoms. The van der Waals surface area contributed by atoms with E-state index in [0.717, 1.165) is 30.4 Å². The van der Waals surface area contributed by atoms with E-state index in [1.165, 1.54) is 11.9 Å². The molecule has 1 atom stereocenters. The van der Waals surface area contributed by atoms with Crippen LogP contribution in [0.5, 0.6) is 0 Å². The van der Waals surface area contributed by atoms with Crippen molar-refractivity contribution in [2.75, 3.05) is 0 Å². The number of rotatable bonds is 3. The average molecular weight is 257 g/mol. The molecule has 1 amide bonds. The van der Waals surface area contributed by atoms with Gasteiger partial charge in [0.15, 0.2) is 0 Å². The Hall–Kier alpha value is -2.10. The molecule has 19 heavy (non-hydrogen) atoms. The van der Waals surface area contributed by atoms with Crippen LogP contribution in [0.4, 0.5) is 0 Å². The first kappa shape index (κ1) is 13.3. The monoisotopic (exact) mass is 257 g/mol. The molecule has 0 aromatic heterocycles. The number of carbonyl (C=O) groups excluding carboxylic acids is 1. The number of nitrogens with one attached hydrogen (secondary N) is 1. The highest BCUT2D eigenvalue weighted by Gasteiger charge is 2.22. The third-order valence-corrected chi connectivity index (χ3v) is 3.59. The van der Waals surface area contributed by atoms with E-state index >= 15 is 0 Å². The Bertz CT molecular complexity index is 520. The minimum Gasteiger partial charge on any atom is -0.322 e. The van der Waals surface area contributed by atoms with Crippen LogP contribution >= 0.6 is 0 Å². The van der Waals surface area contributed by atoms with Gasteiger partial charge < -0.3 is 11.2 Å². The Morgan fingerprint density at radius 1 is 1.53 bits per heavy atom. The van der Waals surface area contributed by atoms with E-state index in [1.54, 1.807) is 0 Å². The summed E-state index contributed by atoms with van der Waals surface area (Å²) in [6.07, 6.45) is 6.18. The Kier molecular flexibility index (Phi) is 4.34. The van der Waals surface area contributed by atoms with Gasteiger partial charge in [-0.3, -0.25) is 4.79 Å². The first-order valence-electron chi connectivity index (χ1n) is 6.58. The maximum absolute atomic E-state index is 12.2. The molecule has 3 N–H and O–H groups in total. The third-order valence-electron chi connectivity index (χ3n) is 3.59. The van der Waals surface area contributed by atoms with Crippen molar-refractivity contribution in [2.24, 2.45) is 16.9 Å². The number of nitrogens with two attached hydrogens (primary N) is 1. The van der Waals surface area contributed by atoms with Crippen LogP contribution in [0.25, 0.3) is 6.08 Å². The number of hydrogen-bond acceptors (Lipinski definition) is 3. The summed E-state index contributed by atoms with van der Waals surface area (Å²) < 4.78 is 0. The molecule has 1 aromatic rings. The number of hydrogen-bond donors (Lipinski definition) is 2. The number of benzene rings is 1. The fourth-order valence-corrected chi connectivity index (χ4v) is 2.53. The molecule has 0 saturated carbocycles. The predicted octanol–water partition coefficient (Wildman–Crippen LogP) is 2.06. The zero-order valence-corrected chi connectivity index (χ0v) is 11.1. The average Bonchev–Trinajstić information content (AvgIpc) is 2.63. The highest BCUT2D eigenvalue weighted by molar-refractivity contribution is 6.03. The lowest BCUT2D eigenvalue weighted by atomic mass is 9.92. The molecule has 0 fully saturated rings. The Labute approximate surface area is 113 Å². The minimum absolute atomic E-state index is 0.113. The maximum Gasteiger partial charge on any atom is 0.252 e. The van der Waals surface area contributed by atoms with E-state index in [4.69, 9.17) is 5.84 Å². The summed E-state index contributed by atoms with van der Waals surface area (Å²) in [5, 5.41) is 5.91. The van der Waals surface area contributed by atoms with Crippen LogP contribution in [0.3, 0.4) is 0 Å². The zero-order chi connectivity index (χ0) is 13.7. The molecule has 0 radical (unpaired) electrons. The van der Waals surface area contributed by atoms with Gasteiger partial charge in [0.2, 0.25) is 0 Å². The van der Waals surface area contributed by atoms with Gasteiger partial charge in [-0.05, 0) is 42.4 Å². The Morgan fingerprint density at radius 3 is 3.05 bits per heavy atom. The van der Waals surface area contributed by atoms with Crippen molar-refractivity contribution < 1.29 is 4.79 Å². The summed E-state index contributed by atoms with van der Waals surface area (Å²) in [7, 11) is 0. The van der Waals surface area contributed by atoms with Crippen molar-refractivity contribution in [3.63, 3.8) is 0 Å². The second-order valence-corrected chi connectivity index (χ2v) is 4.69. The lowest BCUT2D eigenvalue weighted by molar-refractivity contribution is -0.116. The summed E-state index contributed by atoms with van der Waals surface area (Å²) in [5.41, 5.74) is 3.25. The molecule has 1 aliphatic carbocycles. The van der Waals surface area contributed by atoms with Gasteiger partial charge >= 0.3 is 0 Å². The van der Waals surface area contributed by atoms with Crippen molar-refractivity contribution in [2.45, 2.75) is 26.2 Å². The van der Waals surface area contributed by atoms with Crippen molar-refractivity contribution in [1.82, 2.24) is 5.32 Å². The van der Waals surface area contributed by atoms with Crippen LogP contribution in [0.15, 0.2) is 34.9 Å². The number of aryl methyl sites for hydroxylation is 1. The van der Waals surface area contributed by atoms with E-state index in [1.807, 2.05) is 18.2 Å². The van der Waals surface area contributed by atoms with E-state index in [0.29, 0.717) is 0 Å². The maximum atomic E-state index is 12.2. The number of nitrogens with zero attached hydrogens (tertiary/aromatic N) is 1. The van der Waals surface area contributed by atoms with Crippen molar-refractivity contribution in [3.8, 4) is 0 Å². The van der Waals surface area contributed by atoms with E-state index < -0.39 is 0 Å². The van der Waals surface area contributed by atoms with Crippen molar-refractivity contribution in [1.29, 1.82) is 0 Å². The van der Waals surface area contributed by atoms with Gasteiger partial charge in [0.05, 0.1) is 0 Å². The summed E-state index contributed by atoms with van der Waals surface area (Å²) in [6.45, 7) is 2.11. The van der Waals surface area contributed by atoms with Crippen molar-refractivity contribution >= 4 is 18.3 Å². The summed E-state index contributed by atoms with van der Waals surface area (Å²) in [5.74, 6) is 5.18. The molecule has 0 heterocycles. The summed E-state index contributed by atoms with van der Waals surface area (Å²) in [4.78, 5) is 12.2. The van der Waals surface area contributed by atoms with Crippen LogP contribution in [-0.4, -0.2) is 12.2 Å². The molecule has 0 bridgehead atoms. The molecular weight excluding hydrogens is 238 g/mol.